The van der Waals surface area contributed by atoms with Crippen molar-refractivity contribution in [2.45, 2.75) is 38.9 Å². The van der Waals surface area contributed by atoms with Crippen LogP contribution in [0.3, 0.4) is 0 Å². The van der Waals surface area contributed by atoms with Gasteiger partial charge in [-0.1, -0.05) is 6.92 Å². The Bertz CT molecular complexity index is 416. The number of ether oxygens (including phenoxy) is 1. The second kappa shape index (κ2) is 6.74. The van der Waals surface area contributed by atoms with Gasteiger partial charge >= 0.3 is 12.2 Å². The predicted octanol–water partition coefficient (Wildman–Crippen LogP) is 3.07. The summed E-state index contributed by atoms with van der Waals surface area (Å²) in [6.45, 7) is 3.66. The van der Waals surface area contributed by atoms with Gasteiger partial charge in [-0.2, -0.15) is 28.1 Å². The summed E-state index contributed by atoms with van der Waals surface area (Å²) in [5.74, 6) is -0.0390. The van der Waals surface area contributed by atoms with E-state index in [-0.39, 0.29) is 17.2 Å². The van der Waals surface area contributed by atoms with Crippen molar-refractivity contribution in [1.29, 1.82) is 0 Å². The molecule has 1 rings (SSSR count). The lowest BCUT2D eigenvalue weighted by Crippen LogP contribution is -2.25. The molecular formula is C10H14ClF3N4O. The highest BCUT2D eigenvalue weighted by atomic mass is 35.5. The van der Waals surface area contributed by atoms with E-state index < -0.39 is 18.6 Å². The van der Waals surface area contributed by atoms with Crippen molar-refractivity contribution in [3.63, 3.8) is 0 Å². The molecule has 108 valence electrons. The first-order chi connectivity index (χ1) is 8.80. The standard InChI is InChI=1S/C10H14ClF3N4O/c1-3-4-19-9-17-7(11)16-8(18-9)15-6(2)5-10(12,13)14/h6H,3-5H2,1-2H3,(H,15,16,17,18). The summed E-state index contributed by atoms with van der Waals surface area (Å²) in [4.78, 5) is 11.2. The highest BCUT2D eigenvalue weighted by Gasteiger charge is 2.30. The van der Waals surface area contributed by atoms with E-state index in [1.165, 1.54) is 6.92 Å². The Balaban J connectivity index is 2.69. The number of rotatable bonds is 6. The Morgan fingerprint density at radius 3 is 2.58 bits per heavy atom. The molecule has 0 aliphatic rings. The van der Waals surface area contributed by atoms with Gasteiger partial charge in [-0.25, -0.2) is 0 Å². The van der Waals surface area contributed by atoms with Gasteiger partial charge in [-0.3, -0.25) is 0 Å². The van der Waals surface area contributed by atoms with Crippen LogP contribution in [-0.2, 0) is 0 Å². The molecule has 1 N–H and O–H groups in total. The van der Waals surface area contributed by atoms with Crippen molar-refractivity contribution in [1.82, 2.24) is 15.0 Å². The molecule has 19 heavy (non-hydrogen) atoms. The molecule has 0 aliphatic heterocycles. The van der Waals surface area contributed by atoms with Gasteiger partial charge in [0.25, 0.3) is 0 Å². The van der Waals surface area contributed by atoms with Crippen LogP contribution in [0.5, 0.6) is 6.01 Å². The minimum absolute atomic E-state index is 0.0106. The van der Waals surface area contributed by atoms with E-state index in [4.69, 9.17) is 16.3 Å². The van der Waals surface area contributed by atoms with Crippen LogP contribution in [0.4, 0.5) is 19.1 Å². The highest BCUT2D eigenvalue weighted by molar-refractivity contribution is 6.28. The zero-order chi connectivity index (χ0) is 14.5. The van der Waals surface area contributed by atoms with E-state index >= 15 is 0 Å². The Labute approximate surface area is 113 Å². The molecule has 0 spiro atoms. The number of alkyl halides is 3. The molecule has 0 fully saturated rings. The third kappa shape index (κ3) is 6.42. The van der Waals surface area contributed by atoms with E-state index in [9.17, 15) is 13.2 Å². The number of hydrogen-bond donors (Lipinski definition) is 1. The van der Waals surface area contributed by atoms with Crippen LogP contribution in [0.15, 0.2) is 0 Å². The van der Waals surface area contributed by atoms with Crippen molar-refractivity contribution in [3.05, 3.63) is 5.28 Å². The van der Waals surface area contributed by atoms with Gasteiger partial charge in [0.05, 0.1) is 13.0 Å². The van der Waals surface area contributed by atoms with Crippen LogP contribution in [0, 0.1) is 0 Å². The number of hydrogen-bond acceptors (Lipinski definition) is 5. The fraction of sp³-hybridized carbons (Fsp3) is 0.700. The van der Waals surface area contributed by atoms with Gasteiger partial charge in [0.15, 0.2) is 0 Å². The molecule has 1 heterocycles. The first kappa shape index (κ1) is 15.7. The predicted molar refractivity (Wildman–Crippen MR) is 64.4 cm³/mol. The molecule has 1 aromatic heterocycles. The summed E-state index contributed by atoms with van der Waals surface area (Å²) in [6, 6.07) is -0.888. The zero-order valence-electron chi connectivity index (χ0n) is 10.5. The number of aromatic nitrogens is 3. The van der Waals surface area contributed by atoms with Gasteiger partial charge in [0, 0.05) is 6.04 Å². The summed E-state index contributed by atoms with van der Waals surface area (Å²) in [5.41, 5.74) is 0. The largest absolute Gasteiger partial charge is 0.463 e. The number of anilines is 1. The van der Waals surface area contributed by atoms with E-state index in [0.717, 1.165) is 6.42 Å². The van der Waals surface area contributed by atoms with Crippen molar-refractivity contribution in [2.24, 2.45) is 0 Å². The van der Waals surface area contributed by atoms with E-state index in [1.54, 1.807) is 0 Å². The normalized spacial score (nSPS) is 13.2. The molecule has 0 bridgehead atoms. The Morgan fingerprint density at radius 2 is 2.00 bits per heavy atom. The van der Waals surface area contributed by atoms with Gasteiger partial charge in [-0.15, -0.1) is 0 Å². The van der Waals surface area contributed by atoms with Gasteiger partial charge in [0.1, 0.15) is 0 Å². The maximum atomic E-state index is 12.2. The number of nitrogens with zero attached hydrogens (tertiary/aromatic N) is 3. The van der Waals surface area contributed by atoms with Gasteiger partial charge < -0.3 is 10.1 Å². The number of halogens is 4. The molecule has 0 saturated heterocycles. The average molecular weight is 299 g/mol. The lowest BCUT2D eigenvalue weighted by Gasteiger charge is -2.15. The molecular weight excluding hydrogens is 285 g/mol. The Hall–Kier alpha value is -1.31. The van der Waals surface area contributed by atoms with Crippen LogP contribution in [-0.4, -0.2) is 33.8 Å². The van der Waals surface area contributed by atoms with Gasteiger partial charge in [0.2, 0.25) is 11.2 Å². The van der Waals surface area contributed by atoms with Crippen LogP contribution < -0.4 is 10.1 Å². The lowest BCUT2D eigenvalue weighted by molar-refractivity contribution is -0.136. The molecule has 1 aromatic rings. The minimum Gasteiger partial charge on any atom is -0.463 e. The second-order valence-electron chi connectivity index (χ2n) is 3.92. The highest BCUT2D eigenvalue weighted by Crippen LogP contribution is 2.23. The summed E-state index contributed by atoms with van der Waals surface area (Å²) in [7, 11) is 0. The van der Waals surface area contributed by atoms with Crippen LogP contribution in [0.1, 0.15) is 26.7 Å². The van der Waals surface area contributed by atoms with Crippen molar-refractivity contribution in [3.8, 4) is 6.01 Å². The summed E-state index contributed by atoms with van der Waals surface area (Å²) in [6.07, 6.45) is -4.51. The fourth-order valence-corrected chi connectivity index (χ4v) is 1.43. The third-order valence-corrected chi connectivity index (χ3v) is 2.11. The Kier molecular flexibility index (Phi) is 5.59. The topological polar surface area (TPSA) is 59.9 Å². The monoisotopic (exact) mass is 298 g/mol. The quantitative estimate of drug-likeness (QED) is 0.874. The van der Waals surface area contributed by atoms with Crippen LogP contribution in [0.2, 0.25) is 5.28 Å². The molecule has 0 saturated carbocycles. The molecule has 0 amide bonds. The third-order valence-electron chi connectivity index (χ3n) is 1.94. The first-order valence-electron chi connectivity index (χ1n) is 5.68. The molecule has 1 unspecified atom stereocenters. The van der Waals surface area contributed by atoms with Crippen molar-refractivity contribution in [2.75, 3.05) is 11.9 Å². The van der Waals surface area contributed by atoms with Gasteiger partial charge in [-0.05, 0) is 24.9 Å². The maximum absolute atomic E-state index is 12.2. The summed E-state index contributed by atoms with van der Waals surface area (Å²) < 4.78 is 41.7. The Morgan fingerprint density at radius 1 is 1.32 bits per heavy atom. The molecule has 0 aliphatic carbocycles. The second-order valence-corrected chi connectivity index (χ2v) is 4.26. The van der Waals surface area contributed by atoms with Crippen LogP contribution in [0.25, 0.3) is 0 Å². The van der Waals surface area contributed by atoms with Crippen molar-refractivity contribution >= 4 is 17.5 Å². The summed E-state index contributed by atoms with van der Waals surface area (Å²) >= 11 is 5.64. The van der Waals surface area contributed by atoms with E-state index in [2.05, 4.69) is 20.3 Å². The molecule has 5 nitrogen and oxygen atoms in total. The van der Waals surface area contributed by atoms with Crippen LogP contribution >= 0.6 is 11.6 Å². The van der Waals surface area contributed by atoms with Crippen molar-refractivity contribution < 1.29 is 17.9 Å². The average Bonchev–Trinajstić information content (AvgIpc) is 2.22. The molecule has 0 aromatic carbocycles. The lowest BCUT2D eigenvalue weighted by atomic mass is 10.2. The fourth-order valence-electron chi connectivity index (χ4n) is 1.27. The molecule has 1 atom stereocenters. The maximum Gasteiger partial charge on any atom is 0.391 e. The molecule has 9 heteroatoms. The minimum atomic E-state index is -4.26. The summed E-state index contributed by atoms with van der Waals surface area (Å²) in [5, 5.41) is 2.37. The van der Waals surface area contributed by atoms with E-state index in [0.29, 0.717) is 6.61 Å². The molecule has 0 radical (unpaired) electrons. The first-order valence-corrected chi connectivity index (χ1v) is 6.05. The smallest absolute Gasteiger partial charge is 0.391 e. The SMILES string of the molecule is CCCOc1nc(Cl)nc(NC(C)CC(F)(F)F)n1. The number of nitrogens with one attached hydrogen (secondary N) is 1. The zero-order valence-corrected chi connectivity index (χ0v) is 11.2. The van der Waals surface area contributed by atoms with E-state index in [1.807, 2.05) is 6.92 Å².